The van der Waals surface area contributed by atoms with Gasteiger partial charge in [-0.15, -0.1) is 10.2 Å². The lowest BCUT2D eigenvalue weighted by molar-refractivity contribution is 0.0854. The highest BCUT2D eigenvalue weighted by Gasteiger charge is 2.40. The van der Waals surface area contributed by atoms with Crippen LogP contribution in [-0.2, 0) is 18.4 Å². The van der Waals surface area contributed by atoms with Gasteiger partial charge in [0, 0.05) is 0 Å². The van der Waals surface area contributed by atoms with Crippen LogP contribution in [0.1, 0.15) is 65.8 Å². The molecule has 1 amide bonds. The first-order valence-corrected chi connectivity index (χ1v) is 8.99. The number of carbonyl (C=O) groups excluding carboxylic acids is 1. The molecule has 0 aliphatic heterocycles. The summed E-state index contributed by atoms with van der Waals surface area (Å²) in [4.78, 5) is 13.3. The van der Waals surface area contributed by atoms with Gasteiger partial charge >= 0.3 is 0 Å². The Morgan fingerprint density at radius 3 is 2.76 bits per heavy atom. The maximum atomic E-state index is 13.3. The minimum Gasteiger partial charge on any atom is -0.496 e. The van der Waals surface area contributed by atoms with Crippen LogP contribution in [0.4, 0.5) is 0 Å². The third-order valence-corrected chi connectivity index (χ3v) is 5.52. The van der Waals surface area contributed by atoms with Crippen molar-refractivity contribution in [1.29, 1.82) is 0 Å². The zero-order chi connectivity index (χ0) is 17.3. The summed E-state index contributed by atoms with van der Waals surface area (Å²) in [6.07, 6.45) is 7.93. The van der Waals surface area contributed by atoms with Gasteiger partial charge in [-0.1, -0.05) is 30.5 Å². The number of nitrogens with one attached hydrogen (secondary N) is 2. The normalized spacial score (nSPS) is 18.6. The molecule has 7 nitrogen and oxygen atoms in total. The number of H-pyrrole nitrogens is 1. The Hall–Kier alpha value is -2.44. The first-order valence-electron chi connectivity index (χ1n) is 8.99. The second-order valence-electron chi connectivity index (χ2n) is 6.97. The van der Waals surface area contributed by atoms with E-state index in [0.29, 0.717) is 17.1 Å². The lowest BCUT2D eigenvalue weighted by Crippen LogP contribution is -2.48. The van der Waals surface area contributed by atoms with Gasteiger partial charge in [-0.05, 0) is 49.3 Å². The lowest BCUT2D eigenvalue weighted by atomic mass is 9.80. The number of aromatic nitrogens is 4. The monoisotopic (exact) mass is 341 g/mol. The molecule has 25 heavy (non-hydrogen) atoms. The third-order valence-electron chi connectivity index (χ3n) is 5.52. The third kappa shape index (κ3) is 2.77. The summed E-state index contributed by atoms with van der Waals surface area (Å²) in [5.74, 6) is 1.12. The van der Waals surface area contributed by atoms with Crippen molar-refractivity contribution in [2.45, 2.75) is 56.9 Å². The molecule has 0 bridgehead atoms. The molecule has 4 rings (SSSR count). The molecule has 0 spiro atoms. The van der Waals surface area contributed by atoms with Crippen molar-refractivity contribution >= 4 is 5.91 Å². The van der Waals surface area contributed by atoms with E-state index in [-0.39, 0.29) is 5.91 Å². The highest BCUT2D eigenvalue weighted by Crippen LogP contribution is 2.37. The molecule has 2 aliphatic carbocycles. The van der Waals surface area contributed by atoms with Gasteiger partial charge in [0.25, 0.3) is 5.91 Å². The Morgan fingerprint density at radius 1 is 1.20 bits per heavy atom. The average Bonchev–Trinajstić information content (AvgIpc) is 3.33. The van der Waals surface area contributed by atoms with Gasteiger partial charge in [0.1, 0.15) is 11.3 Å². The quantitative estimate of drug-likeness (QED) is 0.890. The maximum absolute atomic E-state index is 13.3. The summed E-state index contributed by atoms with van der Waals surface area (Å²) in [6.45, 7) is 0. The molecule has 1 saturated carbocycles. The number of fused-ring (bicyclic) bond motifs is 1. The molecule has 1 aromatic heterocycles. The van der Waals surface area contributed by atoms with E-state index in [9.17, 15) is 4.79 Å². The van der Waals surface area contributed by atoms with Crippen molar-refractivity contribution in [3.05, 3.63) is 34.6 Å². The predicted molar refractivity (Wildman–Crippen MR) is 91.4 cm³/mol. The van der Waals surface area contributed by atoms with Crippen LogP contribution in [0.5, 0.6) is 5.75 Å². The van der Waals surface area contributed by atoms with Gasteiger partial charge in [0.15, 0.2) is 5.82 Å². The van der Waals surface area contributed by atoms with E-state index in [1.807, 2.05) is 6.07 Å². The number of hydrogen-bond donors (Lipinski definition) is 2. The number of nitrogens with zero attached hydrogens (tertiary/aromatic N) is 3. The summed E-state index contributed by atoms with van der Waals surface area (Å²) in [5.41, 5.74) is 2.50. The second-order valence-corrected chi connectivity index (χ2v) is 6.97. The van der Waals surface area contributed by atoms with Gasteiger partial charge in [0.2, 0.25) is 0 Å². The molecule has 2 N–H and O–H groups in total. The van der Waals surface area contributed by atoms with Gasteiger partial charge in [-0.25, -0.2) is 0 Å². The van der Waals surface area contributed by atoms with Crippen molar-refractivity contribution in [2.75, 3.05) is 7.11 Å². The summed E-state index contributed by atoms with van der Waals surface area (Å²) >= 11 is 0. The van der Waals surface area contributed by atoms with E-state index in [2.05, 4.69) is 32.0 Å². The van der Waals surface area contributed by atoms with Gasteiger partial charge in [-0.3, -0.25) is 4.79 Å². The molecule has 7 heteroatoms. The number of aromatic amines is 1. The Morgan fingerprint density at radius 2 is 2.04 bits per heavy atom. The fraction of sp³-hybridized carbons (Fsp3) is 0.556. The molecule has 132 valence electrons. The van der Waals surface area contributed by atoms with E-state index < -0.39 is 5.54 Å². The number of amides is 1. The van der Waals surface area contributed by atoms with Crippen LogP contribution in [0.2, 0.25) is 0 Å². The van der Waals surface area contributed by atoms with Crippen LogP contribution in [0.3, 0.4) is 0 Å². The predicted octanol–water partition coefficient (Wildman–Crippen LogP) is 2.29. The Kier molecular flexibility index (Phi) is 4.15. The maximum Gasteiger partial charge on any atom is 0.256 e. The first kappa shape index (κ1) is 16.1. The molecule has 0 radical (unpaired) electrons. The van der Waals surface area contributed by atoms with Crippen molar-refractivity contribution in [1.82, 2.24) is 25.9 Å². The van der Waals surface area contributed by atoms with Crippen molar-refractivity contribution < 1.29 is 9.53 Å². The lowest BCUT2D eigenvalue weighted by Gasteiger charge is -2.35. The van der Waals surface area contributed by atoms with Gasteiger partial charge < -0.3 is 10.1 Å². The van der Waals surface area contributed by atoms with Crippen molar-refractivity contribution in [2.24, 2.45) is 0 Å². The van der Waals surface area contributed by atoms with Gasteiger partial charge in [-0.2, -0.15) is 5.21 Å². The van der Waals surface area contributed by atoms with E-state index >= 15 is 0 Å². The summed E-state index contributed by atoms with van der Waals surface area (Å²) in [5, 5.41) is 17.8. The minimum atomic E-state index is -0.547. The van der Waals surface area contributed by atoms with Crippen LogP contribution < -0.4 is 10.1 Å². The molecule has 1 heterocycles. The highest BCUT2D eigenvalue weighted by molar-refractivity contribution is 5.99. The van der Waals surface area contributed by atoms with Crippen LogP contribution >= 0.6 is 0 Å². The van der Waals surface area contributed by atoms with E-state index in [4.69, 9.17) is 4.74 Å². The van der Waals surface area contributed by atoms with E-state index in [1.54, 1.807) is 7.11 Å². The Bertz CT molecular complexity index is 766. The molecular formula is C18H23N5O2. The van der Waals surface area contributed by atoms with Crippen LogP contribution in [-0.4, -0.2) is 33.6 Å². The smallest absolute Gasteiger partial charge is 0.256 e. The van der Waals surface area contributed by atoms with E-state index in [0.717, 1.165) is 50.5 Å². The molecule has 0 saturated heterocycles. The molecule has 1 fully saturated rings. The summed E-state index contributed by atoms with van der Waals surface area (Å²) in [7, 11) is 1.61. The zero-order valence-electron chi connectivity index (χ0n) is 14.5. The summed E-state index contributed by atoms with van der Waals surface area (Å²) in [6, 6.07) is 3.98. The topological polar surface area (TPSA) is 92.8 Å². The zero-order valence-corrected chi connectivity index (χ0v) is 14.5. The standard InChI is InChI=1S/C18H23N5O2/c1-25-14-9-8-12-6-5-7-13(12)15(14)16(24)19-18(10-3-2-4-11-18)17-20-22-23-21-17/h8-9H,2-7,10-11H2,1H3,(H,19,24)(H,20,21,22,23). The molecule has 0 unspecified atom stereocenters. The molecule has 1 aromatic carbocycles. The number of tetrazole rings is 1. The number of methoxy groups -OCH3 is 1. The molecule has 2 aromatic rings. The average molecular weight is 341 g/mol. The summed E-state index contributed by atoms with van der Waals surface area (Å²) < 4.78 is 5.49. The van der Waals surface area contributed by atoms with Crippen LogP contribution in [0.15, 0.2) is 12.1 Å². The molecule has 2 aliphatic rings. The number of aryl methyl sites for hydroxylation is 1. The second kappa shape index (κ2) is 6.46. The number of ether oxygens (including phenoxy) is 1. The van der Waals surface area contributed by atoms with Crippen molar-refractivity contribution in [3.8, 4) is 5.75 Å². The minimum absolute atomic E-state index is 0.0951. The number of rotatable bonds is 4. The number of benzene rings is 1. The van der Waals surface area contributed by atoms with Crippen molar-refractivity contribution in [3.63, 3.8) is 0 Å². The largest absolute Gasteiger partial charge is 0.496 e. The fourth-order valence-corrected chi connectivity index (χ4v) is 4.27. The Balaban J connectivity index is 1.70. The highest BCUT2D eigenvalue weighted by atomic mass is 16.5. The van der Waals surface area contributed by atoms with Crippen LogP contribution in [0.25, 0.3) is 0 Å². The number of carbonyl (C=O) groups is 1. The fourth-order valence-electron chi connectivity index (χ4n) is 4.27. The Labute approximate surface area is 146 Å². The van der Waals surface area contributed by atoms with Gasteiger partial charge in [0.05, 0.1) is 12.7 Å². The van der Waals surface area contributed by atoms with E-state index in [1.165, 1.54) is 12.0 Å². The van der Waals surface area contributed by atoms with Crippen LogP contribution in [0, 0.1) is 0 Å². The molecule has 0 atom stereocenters. The SMILES string of the molecule is COc1ccc2c(c1C(=O)NC1(c3nn[nH]n3)CCCCC1)CCC2. The first-order chi connectivity index (χ1) is 12.2. The molecular weight excluding hydrogens is 318 g/mol. The number of hydrogen-bond acceptors (Lipinski definition) is 5.